The van der Waals surface area contributed by atoms with Crippen molar-refractivity contribution in [2.45, 2.75) is 46.2 Å². The van der Waals surface area contributed by atoms with E-state index in [-0.39, 0.29) is 0 Å². The molecule has 0 bridgehead atoms. The SMILES string of the molecule is Cc1nc(C2CSCCN2C)nc(C)c1CCNC(C)C. The van der Waals surface area contributed by atoms with Gasteiger partial charge >= 0.3 is 0 Å². The lowest BCUT2D eigenvalue weighted by Gasteiger charge is -2.31. The van der Waals surface area contributed by atoms with Crippen LogP contribution in [0.3, 0.4) is 0 Å². The van der Waals surface area contributed by atoms with Gasteiger partial charge in [0.05, 0.1) is 6.04 Å². The fourth-order valence-electron chi connectivity index (χ4n) is 2.72. The van der Waals surface area contributed by atoms with Gasteiger partial charge in [-0.25, -0.2) is 9.97 Å². The number of thioether (sulfide) groups is 1. The van der Waals surface area contributed by atoms with Gasteiger partial charge in [-0.15, -0.1) is 0 Å². The van der Waals surface area contributed by atoms with Crippen LogP contribution in [0.1, 0.15) is 42.7 Å². The lowest BCUT2D eigenvalue weighted by atomic mass is 10.1. The Hall–Kier alpha value is -0.650. The van der Waals surface area contributed by atoms with Crippen LogP contribution in [-0.4, -0.2) is 52.6 Å². The van der Waals surface area contributed by atoms with Crippen LogP contribution >= 0.6 is 11.8 Å². The molecule has 0 aromatic carbocycles. The molecule has 5 heteroatoms. The monoisotopic (exact) mass is 308 g/mol. The van der Waals surface area contributed by atoms with E-state index in [1.54, 1.807) is 0 Å². The Labute approximate surface area is 133 Å². The zero-order valence-electron chi connectivity index (χ0n) is 13.9. The predicted molar refractivity (Wildman–Crippen MR) is 91.0 cm³/mol. The third-order valence-electron chi connectivity index (χ3n) is 4.06. The molecule has 1 aromatic heterocycles. The van der Waals surface area contributed by atoms with E-state index in [1.165, 1.54) is 11.3 Å². The highest BCUT2D eigenvalue weighted by molar-refractivity contribution is 7.99. The van der Waals surface area contributed by atoms with Crippen molar-refractivity contribution >= 4 is 11.8 Å². The molecule has 1 aliphatic rings. The van der Waals surface area contributed by atoms with Crippen LogP contribution in [0.2, 0.25) is 0 Å². The molecule has 0 spiro atoms. The molecule has 118 valence electrons. The first kappa shape index (κ1) is 16.7. The molecule has 0 aliphatic carbocycles. The van der Waals surface area contributed by atoms with Crippen LogP contribution < -0.4 is 5.32 Å². The van der Waals surface area contributed by atoms with Crippen LogP contribution in [0.15, 0.2) is 0 Å². The highest BCUT2D eigenvalue weighted by atomic mass is 32.2. The summed E-state index contributed by atoms with van der Waals surface area (Å²) in [6.07, 6.45) is 1.01. The zero-order chi connectivity index (χ0) is 15.4. The fraction of sp³-hybridized carbons (Fsp3) is 0.750. The third-order valence-corrected chi connectivity index (χ3v) is 5.08. The van der Waals surface area contributed by atoms with E-state index in [9.17, 15) is 0 Å². The minimum Gasteiger partial charge on any atom is -0.314 e. The molecule has 0 amide bonds. The van der Waals surface area contributed by atoms with Crippen molar-refractivity contribution in [1.82, 2.24) is 20.2 Å². The van der Waals surface area contributed by atoms with Gasteiger partial charge in [-0.05, 0) is 39.4 Å². The summed E-state index contributed by atoms with van der Waals surface area (Å²) in [4.78, 5) is 12.0. The second-order valence-corrected chi connectivity index (χ2v) is 7.31. The Kier molecular flexibility index (Phi) is 6.02. The summed E-state index contributed by atoms with van der Waals surface area (Å²) < 4.78 is 0. The standard InChI is InChI=1S/C16H28N4S/c1-11(2)17-7-6-14-12(3)18-16(19-13(14)4)15-10-21-9-8-20(15)5/h11,15,17H,6-10H2,1-5H3. The largest absolute Gasteiger partial charge is 0.314 e. The van der Waals surface area contributed by atoms with E-state index >= 15 is 0 Å². The van der Waals surface area contributed by atoms with Crippen LogP contribution in [0.4, 0.5) is 0 Å². The van der Waals surface area contributed by atoms with Crippen molar-refractivity contribution in [1.29, 1.82) is 0 Å². The zero-order valence-corrected chi connectivity index (χ0v) is 14.8. The van der Waals surface area contributed by atoms with E-state index < -0.39 is 0 Å². The van der Waals surface area contributed by atoms with E-state index in [4.69, 9.17) is 9.97 Å². The first-order chi connectivity index (χ1) is 9.99. The number of nitrogens with one attached hydrogen (secondary N) is 1. The number of rotatable bonds is 5. The molecular weight excluding hydrogens is 280 g/mol. The van der Waals surface area contributed by atoms with Crippen LogP contribution in [0, 0.1) is 13.8 Å². The second-order valence-electron chi connectivity index (χ2n) is 6.16. The quantitative estimate of drug-likeness (QED) is 0.904. The number of hydrogen-bond donors (Lipinski definition) is 1. The molecule has 0 saturated carbocycles. The molecule has 1 atom stereocenters. The molecule has 0 radical (unpaired) electrons. The number of nitrogens with zero attached hydrogens (tertiary/aromatic N) is 3. The average Bonchev–Trinajstić information content (AvgIpc) is 2.42. The van der Waals surface area contributed by atoms with Gasteiger partial charge in [0.15, 0.2) is 0 Å². The van der Waals surface area contributed by atoms with Crippen molar-refractivity contribution in [2.24, 2.45) is 0 Å². The lowest BCUT2D eigenvalue weighted by Crippen LogP contribution is -2.34. The fourth-order valence-corrected chi connectivity index (χ4v) is 3.93. The van der Waals surface area contributed by atoms with Gasteiger partial charge in [-0.2, -0.15) is 11.8 Å². The molecule has 1 unspecified atom stereocenters. The Morgan fingerprint density at radius 3 is 2.52 bits per heavy atom. The lowest BCUT2D eigenvalue weighted by molar-refractivity contribution is 0.264. The smallest absolute Gasteiger partial charge is 0.146 e. The Bertz CT molecular complexity index is 452. The minimum atomic E-state index is 0.365. The van der Waals surface area contributed by atoms with Gasteiger partial charge in [-0.3, -0.25) is 4.90 Å². The van der Waals surface area contributed by atoms with Crippen molar-refractivity contribution in [3.63, 3.8) is 0 Å². The Morgan fingerprint density at radius 1 is 1.29 bits per heavy atom. The van der Waals surface area contributed by atoms with Crippen molar-refractivity contribution in [2.75, 3.05) is 31.6 Å². The number of aromatic nitrogens is 2. The van der Waals surface area contributed by atoms with E-state index in [0.29, 0.717) is 12.1 Å². The maximum Gasteiger partial charge on any atom is 0.146 e. The van der Waals surface area contributed by atoms with Gasteiger partial charge < -0.3 is 5.32 Å². The summed E-state index contributed by atoms with van der Waals surface area (Å²) in [5.41, 5.74) is 3.59. The third kappa shape index (κ3) is 4.41. The highest BCUT2D eigenvalue weighted by Gasteiger charge is 2.24. The first-order valence-electron chi connectivity index (χ1n) is 7.84. The van der Waals surface area contributed by atoms with E-state index in [1.807, 2.05) is 11.8 Å². The topological polar surface area (TPSA) is 41.1 Å². The van der Waals surface area contributed by atoms with Crippen molar-refractivity contribution in [3.05, 3.63) is 22.8 Å². The van der Waals surface area contributed by atoms with Gasteiger partial charge in [-0.1, -0.05) is 13.8 Å². The molecule has 1 aromatic rings. The number of hydrogen-bond acceptors (Lipinski definition) is 5. The molecule has 21 heavy (non-hydrogen) atoms. The van der Waals surface area contributed by atoms with Gasteiger partial charge in [0.1, 0.15) is 5.82 Å². The van der Waals surface area contributed by atoms with Gasteiger partial charge in [0.2, 0.25) is 0 Å². The second kappa shape index (κ2) is 7.56. The first-order valence-corrected chi connectivity index (χ1v) is 9.00. The maximum absolute atomic E-state index is 4.81. The molecule has 1 saturated heterocycles. The van der Waals surface area contributed by atoms with Crippen LogP contribution in [-0.2, 0) is 6.42 Å². The highest BCUT2D eigenvalue weighted by Crippen LogP contribution is 2.27. The van der Waals surface area contributed by atoms with E-state index in [2.05, 4.69) is 45.0 Å². The normalized spacial score (nSPS) is 20.2. The van der Waals surface area contributed by atoms with E-state index in [0.717, 1.165) is 42.5 Å². The molecule has 1 fully saturated rings. The Balaban J connectivity index is 2.12. The summed E-state index contributed by atoms with van der Waals surface area (Å²) in [6, 6.07) is 0.891. The van der Waals surface area contributed by atoms with Crippen molar-refractivity contribution in [3.8, 4) is 0 Å². The van der Waals surface area contributed by atoms with Crippen molar-refractivity contribution < 1.29 is 0 Å². The number of aryl methyl sites for hydroxylation is 2. The molecule has 2 heterocycles. The minimum absolute atomic E-state index is 0.365. The molecule has 2 rings (SSSR count). The van der Waals surface area contributed by atoms with Crippen LogP contribution in [0.25, 0.3) is 0 Å². The maximum atomic E-state index is 4.81. The molecule has 4 nitrogen and oxygen atoms in total. The average molecular weight is 308 g/mol. The van der Waals surface area contributed by atoms with Gasteiger partial charge in [0, 0.05) is 35.5 Å². The molecular formula is C16H28N4S. The predicted octanol–water partition coefficient (Wildman–Crippen LogP) is 2.35. The summed E-state index contributed by atoms with van der Waals surface area (Å²) in [5, 5.41) is 3.47. The van der Waals surface area contributed by atoms with Crippen LogP contribution in [0.5, 0.6) is 0 Å². The summed E-state index contributed by atoms with van der Waals surface area (Å²) in [5.74, 6) is 3.31. The van der Waals surface area contributed by atoms with Gasteiger partial charge in [0.25, 0.3) is 0 Å². The summed E-state index contributed by atoms with van der Waals surface area (Å²) >= 11 is 2.00. The summed E-state index contributed by atoms with van der Waals surface area (Å²) in [6.45, 7) is 10.7. The molecule has 1 N–H and O–H groups in total. The Morgan fingerprint density at radius 2 is 1.95 bits per heavy atom. The summed E-state index contributed by atoms with van der Waals surface area (Å²) in [7, 11) is 2.18. The molecule has 1 aliphatic heterocycles.